The van der Waals surface area contributed by atoms with Crippen molar-refractivity contribution in [2.45, 2.75) is 25.6 Å². The number of halogens is 3. The average Bonchev–Trinajstić information content (AvgIpc) is 2.81. The molecule has 3 nitrogen and oxygen atoms in total. The van der Waals surface area contributed by atoms with Crippen molar-refractivity contribution >= 4 is 11.3 Å². The lowest BCUT2D eigenvalue weighted by atomic mass is 10.0. The maximum atomic E-state index is 12.7. The molecule has 0 aliphatic heterocycles. The van der Waals surface area contributed by atoms with Crippen molar-refractivity contribution in [1.29, 1.82) is 0 Å². The Morgan fingerprint density at radius 2 is 2.15 bits per heavy atom. The molecule has 0 amide bonds. The fraction of sp³-hybridized carbons (Fsp3) is 0.308. The number of nitrogens with zero attached hydrogens (tertiary/aromatic N) is 1. The number of hydrogen-bond donors (Lipinski definition) is 2. The van der Waals surface area contributed by atoms with Crippen molar-refractivity contribution in [1.82, 2.24) is 10.4 Å². The second kappa shape index (κ2) is 5.90. The zero-order valence-corrected chi connectivity index (χ0v) is 11.6. The molecule has 0 aliphatic carbocycles. The van der Waals surface area contributed by atoms with Crippen LogP contribution in [-0.4, -0.2) is 4.98 Å². The summed E-state index contributed by atoms with van der Waals surface area (Å²) in [5, 5.41) is 2.73. The molecule has 1 unspecified atom stereocenters. The van der Waals surface area contributed by atoms with Crippen LogP contribution in [0.2, 0.25) is 0 Å². The molecule has 7 heteroatoms. The number of aryl methyl sites for hydroxylation is 1. The lowest BCUT2D eigenvalue weighted by Crippen LogP contribution is -2.29. The minimum absolute atomic E-state index is 0.400. The van der Waals surface area contributed by atoms with E-state index in [1.54, 1.807) is 6.07 Å². The lowest BCUT2D eigenvalue weighted by molar-refractivity contribution is -0.137. The van der Waals surface area contributed by atoms with Gasteiger partial charge >= 0.3 is 6.18 Å². The van der Waals surface area contributed by atoms with Gasteiger partial charge in [0, 0.05) is 17.5 Å². The first-order valence-electron chi connectivity index (χ1n) is 5.94. The zero-order chi connectivity index (χ0) is 14.8. The van der Waals surface area contributed by atoms with Crippen LogP contribution in [0.3, 0.4) is 0 Å². The number of thiazole rings is 1. The van der Waals surface area contributed by atoms with E-state index in [0.29, 0.717) is 12.0 Å². The first kappa shape index (κ1) is 15.0. The quantitative estimate of drug-likeness (QED) is 0.673. The molecule has 1 heterocycles. The van der Waals surface area contributed by atoms with E-state index in [-0.39, 0.29) is 0 Å². The molecule has 0 bridgehead atoms. The largest absolute Gasteiger partial charge is 0.416 e. The van der Waals surface area contributed by atoms with Crippen LogP contribution < -0.4 is 11.3 Å². The molecule has 0 aliphatic rings. The Morgan fingerprint density at radius 3 is 2.70 bits per heavy atom. The average molecular weight is 301 g/mol. The zero-order valence-electron chi connectivity index (χ0n) is 10.7. The second-order valence-corrected chi connectivity index (χ2v) is 5.37. The van der Waals surface area contributed by atoms with Crippen LogP contribution in [0.25, 0.3) is 0 Å². The highest BCUT2D eigenvalue weighted by molar-refractivity contribution is 7.09. The molecule has 108 valence electrons. The van der Waals surface area contributed by atoms with Crippen LogP contribution in [0.4, 0.5) is 13.2 Å². The second-order valence-electron chi connectivity index (χ2n) is 4.43. The summed E-state index contributed by atoms with van der Waals surface area (Å²) in [6.45, 7) is 1.87. The minimum atomic E-state index is -4.35. The highest BCUT2D eigenvalue weighted by Gasteiger charge is 2.31. The van der Waals surface area contributed by atoms with Crippen molar-refractivity contribution in [3.63, 3.8) is 0 Å². The number of hydrogen-bond acceptors (Lipinski definition) is 4. The third kappa shape index (κ3) is 3.56. The van der Waals surface area contributed by atoms with Crippen LogP contribution in [0.1, 0.15) is 27.9 Å². The van der Waals surface area contributed by atoms with E-state index in [2.05, 4.69) is 10.4 Å². The molecular weight excluding hydrogens is 287 g/mol. The van der Waals surface area contributed by atoms with Gasteiger partial charge in [-0.25, -0.2) is 4.98 Å². The SMILES string of the molecule is Cc1csc(CC(NN)c2cccc(C(F)(F)F)c2)n1. The Balaban J connectivity index is 2.23. The fourth-order valence-electron chi connectivity index (χ4n) is 1.88. The van der Waals surface area contributed by atoms with Crippen LogP contribution in [0, 0.1) is 6.92 Å². The van der Waals surface area contributed by atoms with Gasteiger partial charge in [0.05, 0.1) is 16.6 Å². The lowest BCUT2D eigenvalue weighted by Gasteiger charge is -2.16. The highest BCUT2D eigenvalue weighted by Crippen LogP contribution is 2.31. The number of nitrogens with two attached hydrogens (primary N) is 1. The number of nitrogens with one attached hydrogen (secondary N) is 1. The van der Waals surface area contributed by atoms with Gasteiger partial charge in [0.15, 0.2) is 0 Å². The molecule has 1 atom stereocenters. The Hall–Kier alpha value is -1.44. The summed E-state index contributed by atoms with van der Waals surface area (Å²) in [6.07, 6.45) is -3.90. The van der Waals surface area contributed by atoms with E-state index in [0.717, 1.165) is 22.8 Å². The summed E-state index contributed by atoms with van der Waals surface area (Å²) in [5.41, 5.74) is 3.27. The van der Waals surface area contributed by atoms with Crippen LogP contribution in [0.15, 0.2) is 29.6 Å². The Morgan fingerprint density at radius 1 is 1.40 bits per heavy atom. The third-order valence-electron chi connectivity index (χ3n) is 2.86. The molecule has 0 saturated carbocycles. The van der Waals surface area contributed by atoms with Gasteiger partial charge in [-0.05, 0) is 24.6 Å². The first-order chi connectivity index (χ1) is 9.40. The molecule has 1 aromatic heterocycles. The number of benzene rings is 1. The number of hydrazine groups is 1. The predicted molar refractivity (Wildman–Crippen MR) is 72.1 cm³/mol. The van der Waals surface area contributed by atoms with E-state index < -0.39 is 17.8 Å². The van der Waals surface area contributed by atoms with Crippen molar-refractivity contribution in [3.8, 4) is 0 Å². The van der Waals surface area contributed by atoms with Crippen LogP contribution >= 0.6 is 11.3 Å². The standard InChI is InChI=1S/C13H14F3N3S/c1-8-7-20-12(18-8)6-11(19-17)9-3-2-4-10(5-9)13(14,15)16/h2-5,7,11,19H,6,17H2,1H3. The number of rotatable bonds is 4. The normalized spacial score (nSPS) is 13.4. The van der Waals surface area contributed by atoms with Gasteiger partial charge < -0.3 is 0 Å². The Labute approximate surface area is 118 Å². The van der Waals surface area contributed by atoms with Gasteiger partial charge in [-0.3, -0.25) is 11.3 Å². The first-order valence-corrected chi connectivity index (χ1v) is 6.82. The van der Waals surface area contributed by atoms with E-state index in [1.165, 1.54) is 17.4 Å². The Kier molecular flexibility index (Phi) is 4.42. The van der Waals surface area contributed by atoms with E-state index in [4.69, 9.17) is 5.84 Å². The molecule has 2 rings (SSSR count). The van der Waals surface area contributed by atoms with Gasteiger partial charge in [-0.1, -0.05) is 12.1 Å². The topological polar surface area (TPSA) is 50.9 Å². The summed E-state index contributed by atoms with van der Waals surface area (Å²) >= 11 is 1.47. The molecule has 0 saturated heterocycles. The van der Waals surface area contributed by atoms with E-state index in [1.807, 2.05) is 12.3 Å². The van der Waals surface area contributed by atoms with Gasteiger partial charge in [0.2, 0.25) is 0 Å². The Bertz CT molecular complexity index is 580. The molecule has 0 radical (unpaired) electrons. The molecule has 3 N–H and O–H groups in total. The maximum Gasteiger partial charge on any atom is 0.416 e. The maximum absolute atomic E-state index is 12.7. The van der Waals surface area contributed by atoms with Crippen molar-refractivity contribution < 1.29 is 13.2 Å². The summed E-state index contributed by atoms with van der Waals surface area (Å²) in [7, 11) is 0. The summed E-state index contributed by atoms with van der Waals surface area (Å²) < 4.78 is 38.1. The van der Waals surface area contributed by atoms with E-state index in [9.17, 15) is 13.2 Å². The molecule has 0 fully saturated rings. The predicted octanol–water partition coefficient (Wildman–Crippen LogP) is 3.22. The van der Waals surface area contributed by atoms with Crippen LogP contribution in [0.5, 0.6) is 0 Å². The summed E-state index contributed by atoms with van der Waals surface area (Å²) in [4.78, 5) is 4.30. The van der Waals surface area contributed by atoms with Crippen molar-refractivity contribution in [3.05, 3.63) is 51.5 Å². The third-order valence-corrected chi connectivity index (χ3v) is 3.85. The van der Waals surface area contributed by atoms with Gasteiger partial charge in [-0.15, -0.1) is 11.3 Å². The van der Waals surface area contributed by atoms with Gasteiger partial charge in [0.25, 0.3) is 0 Å². The van der Waals surface area contributed by atoms with E-state index >= 15 is 0 Å². The fourth-order valence-corrected chi connectivity index (χ4v) is 2.69. The molecule has 2 aromatic rings. The van der Waals surface area contributed by atoms with Gasteiger partial charge in [-0.2, -0.15) is 13.2 Å². The smallest absolute Gasteiger partial charge is 0.271 e. The van der Waals surface area contributed by atoms with Crippen molar-refractivity contribution in [2.75, 3.05) is 0 Å². The highest BCUT2D eigenvalue weighted by atomic mass is 32.1. The van der Waals surface area contributed by atoms with Gasteiger partial charge in [0.1, 0.15) is 0 Å². The molecular formula is C13H14F3N3S. The molecule has 20 heavy (non-hydrogen) atoms. The summed E-state index contributed by atoms with van der Waals surface area (Å²) in [5.74, 6) is 5.46. The molecule has 1 aromatic carbocycles. The van der Waals surface area contributed by atoms with Crippen molar-refractivity contribution in [2.24, 2.45) is 5.84 Å². The monoisotopic (exact) mass is 301 g/mol. The minimum Gasteiger partial charge on any atom is -0.271 e. The number of aromatic nitrogens is 1. The van der Waals surface area contributed by atoms with Crippen LogP contribution in [-0.2, 0) is 12.6 Å². The summed E-state index contributed by atoms with van der Waals surface area (Å²) in [6, 6.07) is 4.77. The number of alkyl halides is 3. The molecule has 0 spiro atoms.